The van der Waals surface area contributed by atoms with E-state index in [4.69, 9.17) is 10.00 Å². The van der Waals surface area contributed by atoms with Crippen LogP contribution in [-0.4, -0.2) is 10.8 Å². The van der Waals surface area contributed by atoms with E-state index in [9.17, 15) is 14.9 Å². The summed E-state index contributed by atoms with van der Waals surface area (Å²) >= 11 is 0. The van der Waals surface area contributed by atoms with Crippen molar-refractivity contribution in [1.29, 1.82) is 5.26 Å². The maximum atomic E-state index is 12.1. The number of carbonyl (C=O) groups is 1. The van der Waals surface area contributed by atoms with E-state index >= 15 is 0 Å². The van der Waals surface area contributed by atoms with E-state index in [0.717, 1.165) is 5.56 Å². The predicted octanol–water partition coefficient (Wildman–Crippen LogP) is 4.70. The molecular formula is C23H17N3O4. The highest BCUT2D eigenvalue weighted by Gasteiger charge is 2.04. The minimum Gasteiger partial charge on any atom is -0.489 e. The second-order valence-electron chi connectivity index (χ2n) is 6.30. The Morgan fingerprint density at radius 2 is 1.87 bits per heavy atom. The summed E-state index contributed by atoms with van der Waals surface area (Å²) in [6.07, 6.45) is 2.92. The summed E-state index contributed by atoms with van der Waals surface area (Å²) in [6.45, 7) is 0.299. The number of nitro groups is 1. The number of nitrogens with one attached hydrogen (secondary N) is 1. The maximum absolute atomic E-state index is 12.1. The molecule has 148 valence electrons. The first-order chi connectivity index (χ1) is 14.5. The predicted molar refractivity (Wildman–Crippen MR) is 113 cm³/mol. The summed E-state index contributed by atoms with van der Waals surface area (Å²) in [4.78, 5) is 22.3. The van der Waals surface area contributed by atoms with Crippen LogP contribution in [0.25, 0.3) is 6.08 Å². The smallest absolute Gasteiger partial charge is 0.269 e. The van der Waals surface area contributed by atoms with Gasteiger partial charge in [-0.2, -0.15) is 5.26 Å². The van der Waals surface area contributed by atoms with Crippen LogP contribution in [-0.2, 0) is 11.4 Å². The topological polar surface area (TPSA) is 105 Å². The van der Waals surface area contributed by atoms with E-state index in [0.29, 0.717) is 29.2 Å². The van der Waals surface area contributed by atoms with E-state index in [2.05, 4.69) is 11.4 Å². The van der Waals surface area contributed by atoms with Crippen molar-refractivity contribution >= 4 is 23.4 Å². The van der Waals surface area contributed by atoms with Gasteiger partial charge in [-0.05, 0) is 53.6 Å². The number of hydrogen-bond donors (Lipinski definition) is 1. The first kappa shape index (κ1) is 20.3. The van der Waals surface area contributed by atoms with Crippen molar-refractivity contribution < 1.29 is 14.5 Å². The monoisotopic (exact) mass is 399 g/mol. The Bertz CT molecular complexity index is 1130. The first-order valence-electron chi connectivity index (χ1n) is 8.99. The highest BCUT2D eigenvalue weighted by Crippen LogP contribution is 2.19. The lowest BCUT2D eigenvalue weighted by molar-refractivity contribution is -0.384. The van der Waals surface area contributed by atoms with Crippen molar-refractivity contribution in [2.75, 3.05) is 5.32 Å². The van der Waals surface area contributed by atoms with Gasteiger partial charge in [-0.15, -0.1) is 0 Å². The zero-order chi connectivity index (χ0) is 21.3. The Labute approximate surface area is 173 Å². The molecule has 0 saturated heterocycles. The van der Waals surface area contributed by atoms with Crippen LogP contribution >= 0.6 is 0 Å². The van der Waals surface area contributed by atoms with E-state index < -0.39 is 4.92 Å². The molecule has 0 unspecified atom stereocenters. The van der Waals surface area contributed by atoms with Crippen LogP contribution in [0.5, 0.6) is 5.75 Å². The SMILES string of the molecule is N#Cc1cccc(COc2cccc(NC(=O)/C=C/c3ccc([N+](=O)[O-])cc3)c2)c1. The van der Waals surface area contributed by atoms with Gasteiger partial charge in [0, 0.05) is 30.0 Å². The molecule has 0 radical (unpaired) electrons. The van der Waals surface area contributed by atoms with Crippen molar-refractivity contribution in [3.05, 3.63) is 106 Å². The number of amides is 1. The number of anilines is 1. The van der Waals surface area contributed by atoms with Gasteiger partial charge in [0.25, 0.3) is 5.69 Å². The van der Waals surface area contributed by atoms with Crippen molar-refractivity contribution in [1.82, 2.24) is 0 Å². The van der Waals surface area contributed by atoms with E-state index in [1.165, 1.54) is 18.2 Å². The first-order valence-corrected chi connectivity index (χ1v) is 8.99. The molecule has 0 heterocycles. The summed E-state index contributed by atoms with van der Waals surface area (Å²) in [5.41, 5.74) is 2.67. The quantitative estimate of drug-likeness (QED) is 0.352. The molecule has 1 N–H and O–H groups in total. The van der Waals surface area contributed by atoms with Gasteiger partial charge in [-0.1, -0.05) is 18.2 Å². The molecule has 0 bridgehead atoms. The molecule has 3 rings (SSSR count). The minimum absolute atomic E-state index is 0.00670. The van der Waals surface area contributed by atoms with E-state index in [1.807, 2.05) is 6.07 Å². The maximum Gasteiger partial charge on any atom is 0.269 e. The van der Waals surface area contributed by atoms with Gasteiger partial charge in [-0.3, -0.25) is 14.9 Å². The molecule has 0 aliphatic carbocycles. The number of nitriles is 1. The van der Waals surface area contributed by atoms with Crippen LogP contribution in [0.2, 0.25) is 0 Å². The molecule has 0 aliphatic heterocycles. The second-order valence-corrected chi connectivity index (χ2v) is 6.30. The highest BCUT2D eigenvalue weighted by atomic mass is 16.6. The lowest BCUT2D eigenvalue weighted by Crippen LogP contribution is -2.07. The molecule has 3 aromatic carbocycles. The summed E-state index contributed by atoms with van der Waals surface area (Å²) in [5, 5.41) is 22.4. The van der Waals surface area contributed by atoms with Gasteiger partial charge in [0.2, 0.25) is 5.91 Å². The summed E-state index contributed by atoms with van der Waals surface area (Å²) in [6, 6.07) is 22.1. The van der Waals surface area contributed by atoms with Crippen molar-refractivity contribution in [2.24, 2.45) is 0 Å². The summed E-state index contributed by atoms with van der Waals surface area (Å²) in [5.74, 6) is 0.238. The molecule has 0 spiro atoms. The lowest BCUT2D eigenvalue weighted by atomic mass is 10.1. The number of nitro benzene ring substituents is 1. The fourth-order valence-corrected chi connectivity index (χ4v) is 2.62. The summed E-state index contributed by atoms with van der Waals surface area (Å²) in [7, 11) is 0. The second kappa shape index (κ2) is 9.66. The van der Waals surface area contributed by atoms with Gasteiger partial charge in [0.15, 0.2) is 0 Å². The number of non-ortho nitro benzene ring substituents is 1. The van der Waals surface area contributed by atoms with Crippen LogP contribution in [0, 0.1) is 21.4 Å². The van der Waals surface area contributed by atoms with Crippen LogP contribution in [0.15, 0.2) is 78.9 Å². The van der Waals surface area contributed by atoms with E-state index in [1.54, 1.807) is 60.7 Å². The standard InChI is InChI=1S/C23H17N3O4/c24-15-18-3-1-4-19(13-18)16-30-22-6-2-5-20(14-22)25-23(27)12-9-17-7-10-21(11-8-17)26(28)29/h1-14H,16H2,(H,25,27)/b12-9+. The number of carbonyl (C=O) groups excluding carboxylic acids is 1. The fraction of sp³-hybridized carbons (Fsp3) is 0.0435. The third kappa shape index (κ3) is 5.78. The van der Waals surface area contributed by atoms with Gasteiger partial charge in [0.05, 0.1) is 16.6 Å². The zero-order valence-electron chi connectivity index (χ0n) is 15.8. The van der Waals surface area contributed by atoms with Crippen molar-refractivity contribution in [3.8, 4) is 11.8 Å². The molecule has 0 aromatic heterocycles. The van der Waals surface area contributed by atoms with Crippen LogP contribution in [0.1, 0.15) is 16.7 Å². The van der Waals surface area contributed by atoms with Crippen LogP contribution in [0.4, 0.5) is 11.4 Å². The average molecular weight is 399 g/mol. The molecule has 30 heavy (non-hydrogen) atoms. The Morgan fingerprint density at radius 3 is 2.60 bits per heavy atom. The van der Waals surface area contributed by atoms with E-state index in [-0.39, 0.29) is 11.6 Å². The highest BCUT2D eigenvalue weighted by molar-refractivity contribution is 6.02. The molecular weight excluding hydrogens is 382 g/mol. The fourth-order valence-electron chi connectivity index (χ4n) is 2.62. The van der Waals surface area contributed by atoms with Gasteiger partial charge < -0.3 is 10.1 Å². The molecule has 7 nitrogen and oxygen atoms in total. The number of nitrogens with zero attached hydrogens (tertiary/aromatic N) is 2. The summed E-state index contributed by atoms with van der Waals surface area (Å²) < 4.78 is 5.74. The average Bonchev–Trinajstić information content (AvgIpc) is 2.77. The van der Waals surface area contributed by atoms with Gasteiger partial charge >= 0.3 is 0 Å². The Balaban J connectivity index is 1.58. The zero-order valence-corrected chi connectivity index (χ0v) is 15.8. The third-order valence-corrected chi connectivity index (χ3v) is 4.09. The van der Waals surface area contributed by atoms with Crippen molar-refractivity contribution in [3.63, 3.8) is 0 Å². The largest absolute Gasteiger partial charge is 0.489 e. The molecule has 7 heteroatoms. The number of benzene rings is 3. The molecule has 0 fully saturated rings. The number of rotatable bonds is 7. The van der Waals surface area contributed by atoms with Crippen molar-refractivity contribution in [2.45, 2.75) is 6.61 Å². The Morgan fingerprint density at radius 1 is 1.10 bits per heavy atom. The lowest BCUT2D eigenvalue weighted by Gasteiger charge is -2.09. The third-order valence-electron chi connectivity index (χ3n) is 4.09. The molecule has 0 atom stereocenters. The minimum atomic E-state index is -0.477. The normalized spacial score (nSPS) is 10.4. The molecule has 0 aliphatic rings. The molecule has 0 saturated carbocycles. The van der Waals surface area contributed by atoms with Crippen LogP contribution in [0.3, 0.4) is 0 Å². The molecule has 1 amide bonds. The Kier molecular flexibility index (Phi) is 6.54. The van der Waals surface area contributed by atoms with Gasteiger partial charge in [0.1, 0.15) is 12.4 Å². The molecule has 3 aromatic rings. The number of ether oxygens (including phenoxy) is 1. The number of hydrogen-bond acceptors (Lipinski definition) is 5. The van der Waals surface area contributed by atoms with Gasteiger partial charge in [-0.25, -0.2) is 0 Å². The Hall–Kier alpha value is -4.44. The van der Waals surface area contributed by atoms with Crippen LogP contribution < -0.4 is 10.1 Å².